The molecule has 0 unspecified atom stereocenters. The fraction of sp³-hybridized carbons (Fsp3) is 0.375. The summed E-state index contributed by atoms with van der Waals surface area (Å²) in [6.07, 6.45) is 4.68. The van der Waals surface area contributed by atoms with Gasteiger partial charge in [0.2, 0.25) is 0 Å². The lowest BCUT2D eigenvalue weighted by molar-refractivity contribution is 0.0600. The van der Waals surface area contributed by atoms with Gasteiger partial charge in [-0.2, -0.15) is 0 Å². The molecule has 0 bridgehead atoms. The molecule has 0 spiro atoms. The van der Waals surface area contributed by atoms with Gasteiger partial charge >= 0.3 is 5.97 Å². The number of aromatic nitrogens is 2. The molecule has 2 aromatic rings. The standard InChI is InChI=1S/C16H21N3O2/c1-18(2)9-7-15-17-8-10-19(15)12-13-5-4-6-14(11-13)16(20)21-3/h4-6,8,10-11H,7,9,12H2,1-3H3. The van der Waals surface area contributed by atoms with Crippen LogP contribution < -0.4 is 0 Å². The average Bonchev–Trinajstić information content (AvgIpc) is 2.91. The number of ether oxygens (including phenoxy) is 1. The first-order valence-electron chi connectivity index (χ1n) is 6.92. The van der Waals surface area contributed by atoms with Crippen LogP contribution >= 0.6 is 0 Å². The Bertz CT molecular complexity index is 605. The van der Waals surface area contributed by atoms with Crippen molar-refractivity contribution in [1.82, 2.24) is 14.5 Å². The second-order valence-electron chi connectivity index (χ2n) is 5.22. The van der Waals surface area contributed by atoms with Crippen molar-refractivity contribution in [3.63, 3.8) is 0 Å². The lowest BCUT2D eigenvalue weighted by Crippen LogP contribution is -2.17. The predicted octanol–water partition coefficient (Wildman–Crippen LogP) is 1.82. The Balaban J connectivity index is 2.11. The normalized spacial score (nSPS) is 10.9. The number of rotatable bonds is 6. The lowest BCUT2D eigenvalue weighted by atomic mass is 10.1. The Morgan fingerprint density at radius 2 is 2.19 bits per heavy atom. The second-order valence-corrected chi connectivity index (χ2v) is 5.22. The summed E-state index contributed by atoms with van der Waals surface area (Å²) < 4.78 is 6.86. The van der Waals surface area contributed by atoms with Gasteiger partial charge in [0.05, 0.1) is 12.7 Å². The summed E-state index contributed by atoms with van der Waals surface area (Å²) in [5.41, 5.74) is 1.63. The highest BCUT2D eigenvalue weighted by Gasteiger charge is 2.08. The van der Waals surface area contributed by atoms with Crippen LogP contribution in [-0.4, -0.2) is 48.2 Å². The Kier molecular flexibility index (Phi) is 5.11. The molecular weight excluding hydrogens is 266 g/mol. The number of carbonyl (C=O) groups is 1. The summed E-state index contributed by atoms with van der Waals surface area (Å²) in [6, 6.07) is 7.50. The van der Waals surface area contributed by atoms with Gasteiger partial charge in [0.25, 0.3) is 0 Å². The first-order valence-corrected chi connectivity index (χ1v) is 6.92. The van der Waals surface area contributed by atoms with E-state index in [-0.39, 0.29) is 5.97 Å². The molecule has 0 aliphatic rings. The summed E-state index contributed by atoms with van der Waals surface area (Å²) in [5, 5.41) is 0. The third-order valence-electron chi connectivity index (χ3n) is 3.29. The first kappa shape index (κ1) is 15.3. The van der Waals surface area contributed by atoms with Crippen LogP contribution in [0.4, 0.5) is 0 Å². The molecule has 0 saturated heterocycles. The van der Waals surface area contributed by atoms with Crippen LogP contribution in [0.2, 0.25) is 0 Å². The largest absolute Gasteiger partial charge is 0.465 e. The molecule has 1 heterocycles. The fourth-order valence-electron chi connectivity index (χ4n) is 2.15. The van der Waals surface area contributed by atoms with E-state index in [0.717, 1.165) is 24.4 Å². The van der Waals surface area contributed by atoms with Gasteiger partial charge in [-0.05, 0) is 31.8 Å². The van der Waals surface area contributed by atoms with Gasteiger partial charge in [0.15, 0.2) is 0 Å². The molecule has 0 amide bonds. The number of hydrogen-bond acceptors (Lipinski definition) is 4. The van der Waals surface area contributed by atoms with E-state index in [1.807, 2.05) is 44.7 Å². The van der Waals surface area contributed by atoms with Gasteiger partial charge < -0.3 is 14.2 Å². The van der Waals surface area contributed by atoms with Crippen LogP contribution in [0.3, 0.4) is 0 Å². The van der Waals surface area contributed by atoms with Crippen molar-refractivity contribution in [2.45, 2.75) is 13.0 Å². The van der Waals surface area contributed by atoms with E-state index in [9.17, 15) is 4.79 Å². The van der Waals surface area contributed by atoms with E-state index < -0.39 is 0 Å². The topological polar surface area (TPSA) is 47.4 Å². The zero-order valence-corrected chi connectivity index (χ0v) is 12.7. The van der Waals surface area contributed by atoms with Crippen molar-refractivity contribution in [2.75, 3.05) is 27.7 Å². The van der Waals surface area contributed by atoms with E-state index in [2.05, 4.69) is 14.5 Å². The molecule has 112 valence electrons. The third kappa shape index (κ3) is 4.16. The summed E-state index contributed by atoms with van der Waals surface area (Å²) >= 11 is 0. The Morgan fingerprint density at radius 1 is 1.38 bits per heavy atom. The van der Waals surface area contributed by atoms with Crippen molar-refractivity contribution in [3.8, 4) is 0 Å². The van der Waals surface area contributed by atoms with Crippen molar-refractivity contribution in [2.24, 2.45) is 0 Å². The van der Waals surface area contributed by atoms with Crippen LogP contribution in [0.1, 0.15) is 21.7 Å². The second kappa shape index (κ2) is 7.04. The summed E-state index contributed by atoms with van der Waals surface area (Å²) in [4.78, 5) is 18.1. The Morgan fingerprint density at radius 3 is 2.90 bits per heavy atom. The molecule has 5 heteroatoms. The van der Waals surface area contributed by atoms with Gasteiger partial charge in [-0.25, -0.2) is 9.78 Å². The van der Waals surface area contributed by atoms with Crippen LogP contribution in [0, 0.1) is 0 Å². The third-order valence-corrected chi connectivity index (χ3v) is 3.29. The highest BCUT2D eigenvalue weighted by molar-refractivity contribution is 5.89. The molecule has 0 aliphatic heterocycles. The number of hydrogen-bond donors (Lipinski definition) is 0. The maximum atomic E-state index is 11.6. The molecule has 21 heavy (non-hydrogen) atoms. The minimum absolute atomic E-state index is 0.310. The number of imidazole rings is 1. The molecule has 0 radical (unpaired) electrons. The van der Waals surface area contributed by atoms with E-state index in [0.29, 0.717) is 12.1 Å². The number of methoxy groups -OCH3 is 1. The zero-order valence-electron chi connectivity index (χ0n) is 12.7. The fourth-order valence-corrected chi connectivity index (χ4v) is 2.15. The quantitative estimate of drug-likeness (QED) is 0.760. The molecule has 0 fully saturated rings. The lowest BCUT2D eigenvalue weighted by Gasteiger charge is -2.12. The number of benzene rings is 1. The van der Waals surface area contributed by atoms with Gasteiger partial charge in [0.1, 0.15) is 5.82 Å². The maximum absolute atomic E-state index is 11.6. The Hall–Kier alpha value is -2.14. The van der Waals surface area contributed by atoms with Gasteiger partial charge in [-0.15, -0.1) is 0 Å². The average molecular weight is 287 g/mol. The summed E-state index contributed by atoms with van der Waals surface area (Å²) in [5.74, 6) is 0.738. The van der Waals surface area contributed by atoms with E-state index >= 15 is 0 Å². The summed E-state index contributed by atoms with van der Waals surface area (Å²) in [7, 11) is 5.49. The number of esters is 1. The monoisotopic (exact) mass is 287 g/mol. The van der Waals surface area contributed by atoms with Crippen LogP contribution in [0.15, 0.2) is 36.7 Å². The van der Waals surface area contributed by atoms with E-state index in [4.69, 9.17) is 4.74 Å². The van der Waals surface area contributed by atoms with Crippen molar-refractivity contribution < 1.29 is 9.53 Å². The minimum atomic E-state index is -0.310. The highest BCUT2D eigenvalue weighted by atomic mass is 16.5. The van der Waals surface area contributed by atoms with Crippen LogP contribution in [0.25, 0.3) is 0 Å². The molecule has 0 saturated carbocycles. The number of carbonyl (C=O) groups excluding carboxylic acids is 1. The van der Waals surface area contributed by atoms with Crippen molar-refractivity contribution in [3.05, 3.63) is 53.6 Å². The molecule has 5 nitrogen and oxygen atoms in total. The summed E-state index contributed by atoms with van der Waals surface area (Å²) in [6.45, 7) is 1.66. The van der Waals surface area contributed by atoms with E-state index in [1.165, 1.54) is 7.11 Å². The van der Waals surface area contributed by atoms with Crippen molar-refractivity contribution >= 4 is 5.97 Å². The van der Waals surface area contributed by atoms with Gasteiger partial charge in [-0.1, -0.05) is 12.1 Å². The Labute approximate surface area is 125 Å². The molecule has 0 aliphatic carbocycles. The molecule has 0 atom stereocenters. The molecule has 1 aromatic heterocycles. The number of nitrogens with zero attached hydrogens (tertiary/aromatic N) is 3. The highest BCUT2D eigenvalue weighted by Crippen LogP contribution is 2.10. The van der Waals surface area contributed by atoms with Gasteiger partial charge in [0, 0.05) is 31.9 Å². The number of likely N-dealkylation sites (N-methyl/N-ethyl adjacent to an activating group) is 1. The van der Waals surface area contributed by atoms with E-state index in [1.54, 1.807) is 6.07 Å². The molecule has 0 N–H and O–H groups in total. The van der Waals surface area contributed by atoms with Crippen LogP contribution in [-0.2, 0) is 17.7 Å². The predicted molar refractivity (Wildman–Crippen MR) is 81.4 cm³/mol. The van der Waals surface area contributed by atoms with Crippen LogP contribution in [0.5, 0.6) is 0 Å². The molecule has 2 rings (SSSR count). The zero-order chi connectivity index (χ0) is 15.2. The minimum Gasteiger partial charge on any atom is -0.465 e. The molecule has 1 aromatic carbocycles. The smallest absolute Gasteiger partial charge is 0.337 e. The first-order chi connectivity index (χ1) is 10.1. The van der Waals surface area contributed by atoms with Gasteiger partial charge in [-0.3, -0.25) is 0 Å². The SMILES string of the molecule is COC(=O)c1cccc(Cn2ccnc2CCN(C)C)c1. The van der Waals surface area contributed by atoms with Crippen molar-refractivity contribution in [1.29, 1.82) is 0 Å². The maximum Gasteiger partial charge on any atom is 0.337 e. The molecular formula is C16H21N3O2.